The molecule has 0 aliphatic rings. The maximum Gasteiger partial charge on any atom is 0.124 e. The van der Waals surface area contributed by atoms with Crippen LogP contribution in [0.15, 0.2) is 18.2 Å². The van der Waals surface area contributed by atoms with Crippen molar-refractivity contribution in [3.05, 3.63) is 29.3 Å². The predicted octanol–water partition coefficient (Wildman–Crippen LogP) is 3.79. The van der Waals surface area contributed by atoms with Gasteiger partial charge < -0.3 is 10.5 Å². The van der Waals surface area contributed by atoms with Crippen LogP contribution >= 0.6 is 0 Å². The van der Waals surface area contributed by atoms with E-state index < -0.39 is 0 Å². The summed E-state index contributed by atoms with van der Waals surface area (Å²) in [4.78, 5) is 0. The van der Waals surface area contributed by atoms with Crippen LogP contribution in [0.2, 0.25) is 0 Å². The van der Waals surface area contributed by atoms with Gasteiger partial charge in [0.15, 0.2) is 0 Å². The number of nitrogens with two attached hydrogens (primary N) is 1. The Kier molecular flexibility index (Phi) is 4.21. The van der Waals surface area contributed by atoms with E-state index in [4.69, 9.17) is 10.5 Å². The van der Waals surface area contributed by atoms with E-state index in [1.807, 2.05) is 26.8 Å². The molecule has 2 nitrogen and oxygen atoms in total. The quantitative estimate of drug-likeness (QED) is 0.865. The molecule has 96 valence electrons. The van der Waals surface area contributed by atoms with Crippen LogP contribution in [0.3, 0.4) is 0 Å². The molecule has 1 aromatic rings. The first-order valence-electron chi connectivity index (χ1n) is 6.28. The zero-order chi connectivity index (χ0) is 13.2. The van der Waals surface area contributed by atoms with Crippen LogP contribution in [0.4, 0.5) is 0 Å². The Morgan fingerprint density at radius 3 is 2.12 bits per heavy atom. The van der Waals surface area contributed by atoms with E-state index >= 15 is 0 Å². The summed E-state index contributed by atoms with van der Waals surface area (Å²) >= 11 is 0. The Morgan fingerprint density at radius 2 is 1.71 bits per heavy atom. The number of hydrogen-bond acceptors (Lipinski definition) is 2. The molecule has 0 saturated heterocycles. The lowest BCUT2D eigenvalue weighted by Crippen LogP contribution is -2.16. The van der Waals surface area contributed by atoms with E-state index in [1.54, 1.807) is 0 Å². The SMILES string of the molecule is CC(C)Oc1ccc(C(C)(C)C)cc1C(C)N. The van der Waals surface area contributed by atoms with Crippen molar-refractivity contribution < 1.29 is 4.74 Å². The lowest BCUT2D eigenvalue weighted by Gasteiger charge is -2.23. The van der Waals surface area contributed by atoms with E-state index in [1.165, 1.54) is 5.56 Å². The summed E-state index contributed by atoms with van der Waals surface area (Å²) in [6, 6.07) is 6.33. The smallest absolute Gasteiger partial charge is 0.124 e. The highest BCUT2D eigenvalue weighted by atomic mass is 16.5. The van der Waals surface area contributed by atoms with Crippen LogP contribution < -0.4 is 10.5 Å². The molecule has 2 heteroatoms. The summed E-state index contributed by atoms with van der Waals surface area (Å²) in [6.07, 6.45) is 0.174. The summed E-state index contributed by atoms with van der Waals surface area (Å²) < 4.78 is 5.79. The Labute approximate surface area is 105 Å². The Balaban J connectivity index is 3.18. The van der Waals surface area contributed by atoms with Gasteiger partial charge in [-0.25, -0.2) is 0 Å². The van der Waals surface area contributed by atoms with E-state index in [-0.39, 0.29) is 17.6 Å². The first kappa shape index (κ1) is 14.0. The van der Waals surface area contributed by atoms with Gasteiger partial charge in [0.25, 0.3) is 0 Å². The molecule has 0 fully saturated rings. The fourth-order valence-electron chi connectivity index (χ4n) is 1.73. The summed E-state index contributed by atoms with van der Waals surface area (Å²) in [7, 11) is 0. The van der Waals surface area contributed by atoms with Crippen molar-refractivity contribution in [2.75, 3.05) is 0 Å². The molecule has 0 bridgehead atoms. The molecule has 1 rings (SSSR count). The van der Waals surface area contributed by atoms with Crippen LogP contribution in [0.5, 0.6) is 5.75 Å². The van der Waals surface area contributed by atoms with Gasteiger partial charge in [-0.1, -0.05) is 32.9 Å². The van der Waals surface area contributed by atoms with Crippen LogP contribution in [0.25, 0.3) is 0 Å². The Bertz CT molecular complexity index is 375. The van der Waals surface area contributed by atoms with Gasteiger partial charge in [-0.15, -0.1) is 0 Å². The lowest BCUT2D eigenvalue weighted by atomic mass is 9.85. The molecule has 0 radical (unpaired) electrons. The van der Waals surface area contributed by atoms with Gasteiger partial charge in [0.2, 0.25) is 0 Å². The Hall–Kier alpha value is -1.02. The maximum atomic E-state index is 6.02. The van der Waals surface area contributed by atoms with Gasteiger partial charge >= 0.3 is 0 Å². The van der Waals surface area contributed by atoms with Crippen molar-refractivity contribution in [1.29, 1.82) is 0 Å². The molecule has 1 aromatic carbocycles. The molecule has 0 spiro atoms. The molecule has 2 N–H and O–H groups in total. The summed E-state index contributed by atoms with van der Waals surface area (Å²) in [5.74, 6) is 0.906. The fourth-order valence-corrected chi connectivity index (χ4v) is 1.73. The third-order valence-electron chi connectivity index (χ3n) is 2.73. The van der Waals surface area contributed by atoms with Gasteiger partial charge in [-0.2, -0.15) is 0 Å². The summed E-state index contributed by atoms with van der Waals surface area (Å²) in [6.45, 7) is 12.7. The van der Waals surface area contributed by atoms with Gasteiger partial charge in [0, 0.05) is 11.6 Å². The first-order valence-corrected chi connectivity index (χ1v) is 6.28. The van der Waals surface area contributed by atoms with E-state index in [2.05, 4.69) is 32.9 Å². The molecule has 1 atom stereocenters. The Morgan fingerprint density at radius 1 is 1.12 bits per heavy atom. The molecule has 0 aliphatic heterocycles. The number of benzene rings is 1. The van der Waals surface area contributed by atoms with Crippen molar-refractivity contribution in [3.8, 4) is 5.75 Å². The van der Waals surface area contributed by atoms with E-state index in [0.717, 1.165) is 11.3 Å². The van der Waals surface area contributed by atoms with Gasteiger partial charge in [-0.3, -0.25) is 0 Å². The number of ether oxygens (including phenoxy) is 1. The zero-order valence-electron chi connectivity index (χ0n) is 11.9. The molecule has 17 heavy (non-hydrogen) atoms. The molecular formula is C15H25NO. The summed E-state index contributed by atoms with van der Waals surface area (Å²) in [5, 5.41) is 0. The van der Waals surface area contributed by atoms with Crippen molar-refractivity contribution in [2.24, 2.45) is 5.73 Å². The first-order chi connectivity index (χ1) is 7.71. The minimum absolute atomic E-state index is 0.00829. The predicted molar refractivity (Wildman–Crippen MR) is 73.5 cm³/mol. The maximum absolute atomic E-state index is 6.02. The largest absolute Gasteiger partial charge is 0.491 e. The molecular weight excluding hydrogens is 210 g/mol. The average molecular weight is 235 g/mol. The summed E-state index contributed by atoms with van der Waals surface area (Å²) in [5.41, 5.74) is 8.54. The third kappa shape index (κ3) is 3.74. The van der Waals surface area contributed by atoms with Gasteiger partial charge in [0.1, 0.15) is 5.75 Å². The average Bonchev–Trinajstić information content (AvgIpc) is 2.15. The second-order valence-corrected chi connectivity index (χ2v) is 5.96. The third-order valence-corrected chi connectivity index (χ3v) is 2.73. The van der Waals surface area contributed by atoms with Crippen molar-refractivity contribution in [1.82, 2.24) is 0 Å². The second kappa shape index (κ2) is 5.09. The fraction of sp³-hybridized carbons (Fsp3) is 0.600. The topological polar surface area (TPSA) is 35.2 Å². The zero-order valence-corrected chi connectivity index (χ0v) is 11.9. The molecule has 0 aliphatic carbocycles. The van der Waals surface area contributed by atoms with Gasteiger partial charge in [-0.05, 0) is 37.8 Å². The standard InChI is InChI=1S/C15H25NO/c1-10(2)17-14-8-7-12(15(4,5)6)9-13(14)11(3)16/h7-11H,16H2,1-6H3. The normalized spacial score (nSPS) is 13.9. The highest BCUT2D eigenvalue weighted by Gasteiger charge is 2.17. The van der Waals surface area contributed by atoms with E-state index in [0.29, 0.717) is 0 Å². The minimum Gasteiger partial charge on any atom is -0.491 e. The van der Waals surface area contributed by atoms with Crippen molar-refractivity contribution in [2.45, 2.75) is 59.1 Å². The molecule has 1 unspecified atom stereocenters. The van der Waals surface area contributed by atoms with E-state index in [9.17, 15) is 0 Å². The minimum atomic E-state index is -0.00829. The lowest BCUT2D eigenvalue weighted by molar-refractivity contribution is 0.239. The van der Waals surface area contributed by atoms with Crippen molar-refractivity contribution in [3.63, 3.8) is 0 Å². The molecule has 0 aromatic heterocycles. The second-order valence-electron chi connectivity index (χ2n) is 5.96. The van der Waals surface area contributed by atoms with Crippen LogP contribution in [0, 0.1) is 0 Å². The van der Waals surface area contributed by atoms with Crippen LogP contribution in [-0.2, 0) is 5.41 Å². The number of rotatable bonds is 3. The van der Waals surface area contributed by atoms with Crippen LogP contribution in [-0.4, -0.2) is 6.10 Å². The highest BCUT2D eigenvalue weighted by Crippen LogP contribution is 2.31. The highest BCUT2D eigenvalue weighted by molar-refractivity contribution is 5.41. The number of hydrogen-bond donors (Lipinski definition) is 1. The monoisotopic (exact) mass is 235 g/mol. The molecule has 0 saturated carbocycles. The van der Waals surface area contributed by atoms with Crippen molar-refractivity contribution >= 4 is 0 Å². The van der Waals surface area contributed by atoms with Gasteiger partial charge in [0.05, 0.1) is 6.10 Å². The van der Waals surface area contributed by atoms with Crippen LogP contribution in [0.1, 0.15) is 58.7 Å². The molecule has 0 heterocycles. The molecule has 0 amide bonds.